The fraction of sp³-hybridized carbons (Fsp3) is 1.00. The van der Waals surface area contributed by atoms with Crippen LogP contribution in [-0.2, 0) is 9.47 Å². The van der Waals surface area contributed by atoms with Crippen LogP contribution in [0.1, 0.15) is 33.1 Å². The van der Waals surface area contributed by atoms with Gasteiger partial charge in [0.25, 0.3) is 0 Å². The van der Waals surface area contributed by atoms with Crippen molar-refractivity contribution in [2.75, 3.05) is 26.4 Å². The second-order valence-electron chi connectivity index (χ2n) is 3.22. The number of unbranched alkanes of at least 4 members (excludes halogenated alkanes) is 1. The second kappa shape index (κ2) is 9.96. The van der Waals surface area contributed by atoms with E-state index in [1.165, 1.54) is 6.42 Å². The van der Waals surface area contributed by atoms with Gasteiger partial charge in [-0.1, -0.05) is 13.3 Å². The first-order valence-corrected chi connectivity index (χ1v) is 5.20. The van der Waals surface area contributed by atoms with Crippen LogP contribution in [-0.4, -0.2) is 32.5 Å². The second-order valence-corrected chi connectivity index (χ2v) is 3.22. The molecular formula is C10H23NO2. The molecule has 0 aromatic rings. The molecule has 0 fully saturated rings. The Bertz CT molecular complexity index is 98.9. The van der Waals surface area contributed by atoms with Crippen molar-refractivity contribution in [3.05, 3.63) is 0 Å². The van der Waals surface area contributed by atoms with Gasteiger partial charge >= 0.3 is 0 Å². The molecule has 0 aromatic carbocycles. The normalized spacial score (nSPS) is 13.2. The highest BCUT2D eigenvalue weighted by Gasteiger charge is 1.99. The summed E-state index contributed by atoms with van der Waals surface area (Å²) in [6, 6.07) is 0. The minimum Gasteiger partial charge on any atom is -0.379 e. The molecule has 0 rings (SSSR count). The zero-order chi connectivity index (χ0) is 9.94. The Morgan fingerprint density at radius 1 is 1.23 bits per heavy atom. The molecule has 0 bridgehead atoms. The van der Waals surface area contributed by atoms with E-state index in [1.807, 2.05) is 6.92 Å². The Labute approximate surface area is 81.6 Å². The third-order valence-corrected chi connectivity index (χ3v) is 1.85. The maximum atomic E-state index is 5.46. The van der Waals surface area contributed by atoms with Crippen molar-refractivity contribution >= 4 is 0 Å². The summed E-state index contributed by atoms with van der Waals surface area (Å²) in [5.41, 5.74) is 5.39. The van der Waals surface area contributed by atoms with Crippen molar-refractivity contribution in [1.82, 2.24) is 0 Å². The Morgan fingerprint density at radius 3 is 2.62 bits per heavy atom. The molecule has 0 aromatic heterocycles. The summed E-state index contributed by atoms with van der Waals surface area (Å²) in [7, 11) is 0. The number of nitrogens with two attached hydrogens (primary N) is 1. The van der Waals surface area contributed by atoms with Crippen molar-refractivity contribution < 1.29 is 9.47 Å². The summed E-state index contributed by atoms with van der Waals surface area (Å²) in [6.07, 6.45) is 3.51. The SMILES string of the molecule is CCCCOCCOC(C)CCN. The smallest absolute Gasteiger partial charge is 0.0704 e. The molecule has 0 aliphatic rings. The molecule has 13 heavy (non-hydrogen) atoms. The minimum atomic E-state index is 0.264. The topological polar surface area (TPSA) is 44.5 Å². The highest BCUT2D eigenvalue weighted by atomic mass is 16.5. The van der Waals surface area contributed by atoms with E-state index in [0.717, 1.165) is 19.4 Å². The maximum absolute atomic E-state index is 5.46. The predicted molar refractivity (Wildman–Crippen MR) is 54.8 cm³/mol. The van der Waals surface area contributed by atoms with E-state index in [0.29, 0.717) is 19.8 Å². The summed E-state index contributed by atoms with van der Waals surface area (Å²) in [5, 5.41) is 0. The summed E-state index contributed by atoms with van der Waals surface area (Å²) in [6.45, 7) is 7.13. The van der Waals surface area contributed by atoms with Gasteiger partial charge in [0.05, 0.1) is 19.3 Å². The van der Waals surface area contributed by atoms with Crippen molar-refractivity contribution in [3.8, 4) is 0 Å². The van der Waals surface area contributed by atoms with Crippen molar-refractivity contribution in [2.24, 2.45) is 5.73 Å². The first-order chi connectivity index (χ1) is 6.31. The highest BCUT2D eigenvalue weighted by Crippen LogP contribution is 1.95. The Balaban J connectivity index is 2.97. The van der Waals surface area contributed by atoms with Gasteiger partial charge in [0, 0.05) is 6.61 Å². The van der Waals surface area contributed by atoms with E-state index in [-0.39, 0.29) is 6.10 Å². The van der Waals surface area contributed by atoms with Gasteiger partial charge in [0.15, 0.2) is 0 Å². The van der Waals surface area contributed by atoms with E-state index in [2.05, 4.69) is 6.92 Å². The van der Waals surface area contributed by atoms with Gasteiger partial charge in [-0.2, -0.15) is 0 Å². The lowest BCUT2D eigenvalue weighted by atomic mass is 10.3. The van der Waals surface area contributed by atoms with Crippen LogP contribution in [0, 0.1) is 0 Å². The number of rotatable bonds is 9. The Morgan fingerprint density at radius 2 is 2.00 bits per heavy atom. The number of hydrogen-bond acceptors (Lipinski definition) is 3. The van der Waals surface area contributed by atoms with Crippen LogP contribution in [0.3, 0.4) is 0 Å². The van der Waals surface area contributed by atoms with Gasteiger partial charge < -0.3 is 15.2 Å². The lowest BCUT2D eigenvalue weighted by Gasteiger charge is -2.11. The molecule has 2 N–H and O–H groups in total. The van der Waals surface area contributed by atoms with Gasteiger partial charge in [0.1, 0.15) is 0 Å². The minimum absolute atomic E-state index is 0.264. The fourth-order valence-corrected chi connectivity index (χ4v) is 0.975. The van der Waals surface area contributed by atoms with Crippen molar-refractivity contribution in [1.29, 1.82) is 0 Å². The van der Waals surface area contributed by atoms with Gasteiger partial charge in [-0.05, 0) is 26.3 Å². The van der Waals surface area contributed by atoms with Crippen LogP contribution >= 0.6 is 0 Å². The zero-order valence-corrected chi connectivity index (χ0v) is 8.92. The van der Waals surface area contributed by atoms with Crippen LogP contribution in [0.25, 0.3) is 0 Å². The van der Waals surface area contributed by atoms with Gasteiger partial charge in [-0.3, -0.25) is 0 Å². The van der Waals surface area contributed by atoms with Gasteiger partial charge in [-0.25, -0.2) is 0 Å². The van der Waals surface area contributed by atoms with Crippen LogP contribution in [0.5, 0.6) is 0 Å². The molecule has 0 saturated carbocycles. The molecular weight excluding hydrogens is 166 g/mol. The van der Waals surface area contributed by atoms with Crippen molar-refractivity contribution in [3.63, 3.8) is 0 Å². The van der Waals surface area contributed by atoms with E-state index >= 15 is 0 Å². The molecule has 1 atom stereocenters. The van der Waals surface area contributed by atoms with E-state index < -0.39 is 0 Å². The molecule has 0 spiro atoms. The average molecular weight is 189 g/mol. The third kappa shape index (κ3) is 9.80. The van der Waals surface area contributed by atoms with Crippen molar-refractivity contribution in [2.45, 2.75) is 39.2 Å². The summed E-state index contributed by atoms with van der Waals surface area (Å²) >= 11 is 0. The Hall–Kier alpha value is -0.120. The first kappa shape index (κ1) is 12.9. The van der Waals surface area contributed by atoms with E-state index in [1.54, 1.807) is 0 Å². The lowest BCUT2D eigenvalue weighted by molar-refractivity contribution is 0.00966. The summed E-state index contributed by atoms with van der Waals surface area (Å²) < 4.78 is 10.8. The highest BCUT2D eigenvalue weighted by molar-refractivity contribution is 4.49. The predicted octanol–water partition coefficient (Wildman–Crippen LogP) is 1.56. The molecule has 0 aliphatic carbocycles. The number of ether oxygens (including phenoxy) is 2. The fourth-order valence-electron chi connectivity index (χ4n) is 0.975. The molecule has 3 heteroatoms. The van der Waals surface area contributed by atoms with Crippen LogP contribution < -0.4 is 5.73 Å². The zero-order valence-electron chi connectivity index (χ0n) is 8.92. The Kier molecular flexibility index (Phi) is 9.87. The van der Waals surface area contributed by atoms with Crippen LogP contribution in [0.15, 0.2) is 0 Å². The monoisotopic (exact) mass is 189 g/mol. The first-order valence-electron chi connectivity index (χ1n) is 5.20. The van der Waals surface area contributed by atoms with Crippen LogP contribution in [0.4, 0.5) is 0 Å². The molecule has 0 saturated heterocycles. The number of hydrogen-bond donors (Lipinski definition) is 1. The summed E-state index contributed by atoms with van der Waals surface area (Å²) in [5.74, 6) is 0. The third-order valence-electron chi connectivity index (χ3n) is 1.85. The van der Waals surface area contributed by atoms with E-state index in [9.17, 15) is 0 Å². The van der Waals surface area contributed by atoms with Gasteiger partial charge in [0.2, 0.25) is 0 Å². The summed E-state index contributed by atoms with van der Waals surface area (Å²) in [4.78, 5) is 0. The molecule has 0 heterocycles. The molecule has 0 amide bonds. The quantitative estimate of drug-likeness (QED) is 0.560. The molecule has 1 unspecified atom stereocenters. The molecule has 0 radical (unpaired) electrons. The maximum Gasteiger partial charge on any atom is 0.0704 e. The largest absolute Gasteiger partial charge is 0.379 e. The molecule has 80 valence electrons. The average Bonchev–Trinajstić information content (AvgIpc) is 2.11. The molecule has 3 nitrogen and oxygen atoms in total. The van der Waals surface area contributed by atoms with E-state index in [4.69, 9.17) is 15.2 Å². The lowest BCUT2D eigenvalue weighted by Crippen LogP contribution is -2.17. The molecule has 0 aliphatic heterocycles. The van der Waals surface area contributed by atoms with Crippen LogP contribution in [0.2, 0.25) is 0 Å². The standard InChI is InChI=1S/C10H23NO2/c1-3-4-7-12-8-9-13-10(2)5-6-11/h10H,3-9,11H2,1-2H3. The van der Waals surface area contributed by atoms with Gasteiger partial charge in [-0.15, -0.1) is 0 Å².